The molecule has 24 heavy (non-hydrogen) atoms. The van der Waals surface area contributed by atoms with Crippen molar-refractivity contribution in [1.82, 2.24) is 20.2 Å². The van der Waals surface area contributed by atoms with Crippen LogP contribution in [0.2, 0.25) is 5.02 Å². The lowest BCUT2D eigenvalue weighted by Crippen LogP contribution is -1.94. The summed E-state index contributed by atoms with van der Waals surface area (Å²) in [6.07, 6.45) is 0. The van der Waals surface area contributed by atoms with Crippen LogP contribution < -0.4 is 0 Å². The Labute approximate surface area is 144 Å². The molecule has 0 aliphatic carbocycles. The van der Waals surface area contributed by atoms with Gasteiger partial charge in [-0.05, 0) is 23.9 Å². The average Bonchev–Trinajstić information content (AvgIpc) is 2.94. The Hall–Kier alpha value is -2.71. The minimum atomic E-state index is -0.483. The van der Waals surface area contributed by atoms with Crippen molar-refractivity contribution in [2.24, 2.45) is 0 Å². The highest BCUT2D eigenvalue weighted by molar-refractivity contribution is 7.99. The van der Waals surface area contributed by atoms with Crippen molar-refractivity contribution in [1.29, 1.82) is 0 Å². The van der Waals surface area contributed by atoms with Gasteiger partial charge in [0.25, 0.3) is 5.69 Å². The van der Waals surface area contributed by atoms with E-state index < -0.39 is 4.92 Å². The van der Waals surface area contributed by atoms with Gasteiger partial charge in [0.1, 0.15) is 10.4 Å². The normalized spacial score (nSPS) is 11.2. The number of hydrogen-bond donors (Lipinski definition) is 1. The number of halogens is 1. The maximum absolute atomic E-state index is 11.2. The Morgan fingerprint density at radius 3 is 2.79 bits per heavy atom. The molecule has 9 heteroatoms. The number of para-hydroxylation sites is 1. The van der Waals surface area contributed by atoms with Gasteiger partial charge in [-0.3, -0.25) is 10.1 Å². The summed E-state index contributed by atoms with van der Waals surface area (Å²) >= 11 is 7.11. The van der Waals surface area contributed by atoms with Gasteiger partial charge >= 0.3 is 0 Å². The number of benzene rings is 2. The molecule has 0 amide bonds. The quantitative estimate of drug-likeness (QED) is 0.435. The number of H-pyrrole nitrogens is 1. The molecule has 0 aliphatic heterocycles. The lowest BCUT2D eigenvalue weighted by molar-refractivity contribution is -0.387. The number of aromatic amines is 1. The van der Waals surface area contributed by atoms with Crippen LogP contribution >= 0.6 is 23.4 Å². The van der Waals surface area contributed by atoms with E-state index in [-0.39, 0.29) is 15.9 Å². The number of nitrogens with zero attached hydrogens (tertiary/aromatic N) is 4. The summed E-state index contributed by atoms with van der Waals surface area (Å²) in [6.45, 7) is 0. The zero-order valence-corrected chi connectivity index (χ0v) is 13.5. The van der Waals surface area contributed by atoms with Crippen LogP contribution in [0.25, 0.3) is 22.1 Å². The fourth-order valence-corrected chi connectivity index (χ4v) is 3.48. The minimum Gasteiger partial charge on any atom is -0.338 e. The molecule has 7 nitrogen and oxygen atoms in total. The second-order valence-electron chi connectivity index (χ2n) is 4.91. The summed E-state index contributed by atoms with van der Waals surface area (Å²) in [7, 11) is 0. The number of fused-ring (bicyclic) bond motifs is 3. The van der Waals surface area contributed by atoms with Crippen LogP contribution in [-0.2, 0) is 0 Å². The van der Waals surface area contributed by atoms with Gasteiger partial charge in [0.15, 0.2) is 5.65 Å². The third-order valence-electron chi connectivity index (χ3n) is 3.44. The third-order valence-corrected chi connectivity index (χ3v) is 4.85. The standard InChI is InChI=1S/C15H8ClN5O2S/c16-9-5-3-7-11(21(22)23)13(9)24-15-18-14-12(19-20-15)8-4-1-2-6-10(8)17-14/h1-7H,(H,17,18,20). The molecule has 2 aromatic carbocycles. The molecule has 0 saturated carbocycles. The number of rotatable bonds is 3. The zero-order valence-electron chi connectivity index (χ0n) is 11.9. The first-order valence-electron chi connectivity index (χ1n) is 6.85. The van der Waals surface area contributed by atoms with Crippen molar-refractivity contribution in [3.8, 4) is 0 Å². The number of nitro benzene ring substituents is 1. The first-order chi connectivity index (χ1) is 11.6. The largest absolute Gasteiger partial charge is 0.338 e. The summed E-state index contributed by atoms with van der Waals surface area (Å²) in [5.74, 6) is 0. The van der Waals surface area contributed by atoms with Gasteiger partial charge < -0.3 is 4.98 Å². The highest BCUT2D eigenvalue weighted by Gasteiger charge is 2.20. The highest BCUT2D eigenvalue weighted by atomic mass is 35.5. The van der Waals surface area contributed by atoms with Crippen LogP contribution in [0.5, 0.6) is 0 Å². The molecule has 0 unspecified atom stereocenters. The Bertz CT molecular complexity index is 1100. The van der Waals surface area contributed by atoms with E-state index in [0.29, 0.717) is 16.1 Å². The molecule has 0 fully saturated rings. The van der Waals surface area contributed by atoms with Gasteiger partial charge in [0, 0.05) is 17.0 Å². The third kappa shape index (κ3) is 2.45. The summed E-state index contributed by atoms with van der Waals surface area (Å²) < 4.78 is 0. The Kier molecular flexibility index (Phi) is 3.55. The molecule has 1 N–H and O–H groups in total. The lowest BCUT2D eigenvalue weighted by atomic mass is 10.2. The first kappa shape index (κ1) is 14.9. The van der Waals surface area contributed by atoms with E-state index in [2.05, 4.69) is 20.2 Å². The van der Waals surface area contributed by atoms with E-state index in [1.807, 2.05) is 24.3 Å². The molecule has 0 atom stereocenters. The predicted molar refractivity (Wildman–Crippen MR) is 91.4 cm³/mol. The molecule has 4 rings (SSSR count). The van der Waals surface area contributed by atoms with Gasteiger partial charge in [-0.1, -0.05) is 35.9 Å². The monoisotopic (exact) mass is 357 g/mol. The van der Waals surface area contributed by atoms with Crippen LogP contribution in [0, 0.1) is 10.1 Å². The average molecular weight is 358 g/mol. The van der Waals surface area contributed by atoms with Crippen molar-refractivity contribution in [2.75, 3.05) is 0 Å². The topological polar surface area (TPSA) is 97.6 Å². The summed E-state index contributed by atoms with van der Waals surface area (Å²) in [4.78, 5) is 18.5. The molecule has 2 aromatic heterocycles. The maximum Gasteiger partial charge on any atom is 0.284 e. The van der Waals surface area contributed by atoms with Gasteiger partial charge in [0.2, 0.25) is 5.16 Å². The zero-order chi connectivity index (χ0) is 16.7. The number of nitrogens with one attached hydrogen (secondary N) is 1. The molecule has 4 aromatic rings. The first-order valence-corrected chi connectivity index (χ1v) is 8.05. The molecular formula is C15H8ClN5O2S. The minimum absolute atomic E-state index is 0.0900. The molecule has 0 aliphatic rings. The van der Waals surface area contributed by atoms with Crippen molar-refractivity contribution < 1.29 is 4.92 Å². The number of nitro groups is 1. The molecule has 118 valence electrons. The van der Waals surface area contributed by atoms with Gasteiger partial charge in [-0.15, -0.1) is 10.2 Å². The van der Waals surface area contributed by atoms with E-state index in [4.69, 9.17) is 11.6 Å². The number of hydrogen-bond acceptors (Lipinski definition) is 6. The van der Waals surface area contributed by atoms with Gasteiger partial charge in [-0.25, -0.2) is 4.98 Å². The van der Waals surface area contributed by atoms with Crippen LogP contribution in [0.15, 0.2) is 52.5 Å². The van der Waals surface area contributed by atoms with E-state index >= 15 is 0 Å². The van der Waals surface area contributed by atoms with Crippen molar-refractivity contribution in [3.05, 3.63) is 57.6 Å². The Morgan fingerprint density at radius 2 is 1.96 bits per heavy atom. The summed E-state index contributed by atoms with van der Waals surface area (Å²) in [5, 5.41) is 20.9. The second-order valence-corrected chi connectivity index (χ2v) is 6.29. The van der Waals surface area contributed by atoms with Gasteiger partial charge in [-0.2, -0.15) is 0 Å². The van der Waals surface area contributed by atoms with Crippen molar-refractivity contribution in [2.45, 2.75) is 10.1 Å². The van der Waals surface area contributed by atoms with Crippen molar-refractivity contribution >= 4 is 51.1 Å². The van der Waals surface area contributed by atoms with Gasteiger partial charge in [0.05, 0.1) is 9.95 Å². The van der Waals surface area contributed by atoms with E-state index in [1.165, 1.54) is 12.1 Å². The smallest absolute Gasteiger partial charge is 0.284 e. The van der Waals surface area contributed by atoms with E-state index in [9.17, 15) is 10.1 Å². The molecule has 0 spiro atoms. The van der Waals surface area contributed by atoms with Crippen LogP contribution in [0.3, 0.4) is 0 Å². The van der Waals surface area contributed by atoms with E-state index in [1.54, 1.807) is 6.07 Å². The van der Waals surface area contributed by atoms with Crippen LogP contribution in [0.4, 0.5) is 5.69 Å². The fourth-order valence-electron chi connectivity index (χ4n) is 2.38. The van der Waals surface area contributed by atoms with Crippen LogP contribution in [0.1, 0.15) is 0 Å². The Morgan fingerprint density at radius 1 is 1.12 bits per heavy atom. The lowest BCUT2D eigenvalue weighted by Gasteiger charge is -2.03. The molecule has 0 radical (unpaired) electrons. The predicted octanol–water partition coefficient (Wildman–Crippen LogP) is 4.22. The second kappa shape index (κ2) is 5.73. The fraction of sp³-hybridized carbons (Fsp3) is 0. The molecule has 2 heterocycles. The molecule has 0 bridgehead atoms. The number of aromatic nitrogens is 4. The molecular weight excluding hydrogens is 350 g/mol. The summed E-state index contributed by atoms with van der Waals surface area (Å²) in [5.41, 5.74) is 2.04. The van der Waals surface area contributed by atoms with Crippen LogP contribution in [-0.4, -0.2) is 25.1 Å². The highest BCUT2D eigenvalue weighted by Crippen LogP contribution is 2.38. The maximum atomic E-state index is 11.2. The molecule has 0 saturated heterocycles. The Balaban J connectivity index is 1.81. The van der Waals surface area contributed by atoms with E-state index in [0.717, 1.165) is 22.7 Å². The summed E-state index contributed by atoms with van der Waals surface area (Å²) in [6, 6.07) is 12.2. The van der Waals surface area contributed by atoms with Crippen molar-refractivity contribution in [3.63, 3.8) is 0 Å². The SMILES string of the molecule is O=[N+]([O-])c1cccc(Cl)c1Sc1nnc2c(n1)[nH]c1ccccc12.